The van der Waals surface area contributed by atoms with E-state index >= 15 is 0 Å². The van der Waals surface area contributed by atoms with Crippen molar-refractivity contribution in [3.63, 3.8) is 0 Å². The van der Waals surface area contributed by atoms with E-state index in [0.29, 0.717) is 31.1 Å². The highest BCUT2D eigenvalue weighted by Gasteiger charge is 2.19. The Balaban J connectivity index is 1.49. The molecule has 2 heterocycles. The molecule has 1 aliphatic rings. The topological polar surface area (TPSA) is 92.8 Å². The highest BCUT2D eigenvalue weighted by Crippen LogP contribution is 2.23. The Morgan fingerprint density at radius 1 is 1.21 bits per heavy atom. The molecule has 0 radical (unpaired) electrons. The van der Waals surface area contributed by atoms with Crippen molar-refractivity contribution in [2.24, 2.45) is 0 Å². The fourth-order valence-electron chi connectivity index (χ4n) is 2.80. The molecule has 1 aromatic heterocycles. The smallest absolute Gasteiger partial charge is 0.251 e. The number of benzene rings is 2. The third kappa shape index (κ3) is 2.77. The number of hydrogen-bond donors (Lipinski definition) is 2. The van der Waals surface area contributed by atoms with Crippen molar-refractivity contribution in [3.05, 3.63) is 64.7 Å². The summed E-state index contributed by atoms with van der Waals surface area (Å²) >= 11 is 0. The molecule has 0 saturated heterocycles. The fourth-order valence-corrected chi connectivity index (χ4v) is 2.80. The van der Waals surface area contributed by atoms with E-state index in [4.69, 9.17) is 4.74 Å². The zero-order valence-electron chi connectivity index (χ0n) is 12.8. The van der Waals surface area contributed by atoms with Crippen molar-refractivity contribution in [3.8, 4) is 11.4 Å². The van der Waals surface area contributed by atoms with Crippen LogP contribution in [0.5, 0.6) is 0 Å². The van der Waals surface area contributed by atoms with Crippen molar-refractivity contribution in [2.45, 2.75) is 19.8 Å². The monoisotopic (exact) mass is 321 g/mol. The maximum atomic E-state index is 12.5. The predicted molar refractivity (Wildman–Crippen MR) is 85.7 cm³/mol. The Kier molecular flexibility index (Phi) is 3.76. The van der Waals surface area contributed by atoms with Gasteiger partial charge in [-0.05, 0) is 34.0 Å². The zero-order chi connectivity index (χ0) is 16.4. The van der Waals surface area contributed by atoms with Gasteiger partial charge in [-0.25, -0.2) is 0 Å². The first kappa shape index (κ1) is 14.5. The molecule has 0 unspecified atom stereocenters. The molecule has 24 heavy (non-hydrogen) atoms. The van der Waals surface area contributed by atoms with Gasteiger partial charge >= 0.3 is 0 Å². The molecule has 0 bridgehead atoms. The van der Waals surface area contributed by atoms with Crippen molar-refractivity contribution in [1.29, 1.82) is 0 Å². The van der Waals surface area contributed by atoms with Gasteiger partial charge in [-0.1, -0.05) is 30.3 Å². The standard InChI is InChI=1S/C17H15N5O2/c23-17(14-6-2-5-13-9-24-10-15(13)14)18-8-11-3-1-4-12(7-11)16-19-21-22-20-16/h1-7H,8-10H2,(H,18,23)(H,19,20,21,22). The number of rotatable bonds is 4. The average Bonchev–Trinajstić information content (AvgIpc) is 3.30. The van der Waals surface area contributed by atoms with Gasteiger partial charge in [0.1, 0.15) is 0 Å². The van der Waals surface area contributed by atoms with Crippen LogP contribution in [-0.4, -0.2) is 26.5 Å². The second kappa shape index (κ2) is 6.21. The van der Waals surface area contributed by atoms with Crippen molar-refractivity contribution in [1.82, 2.24) is 25.9 Å². The normalized spacial score (nSPS) is 12.8. The number of carbonyl (C=O) groups excluding carboxylic acids is 1. The van der Waals surface area contributed by atoms with Gasteiger partial charge in [-0.2, -0.15) is 5.21 Å². The molecule has 0 saturated carbocycles. The van der Waals surface area contributed by atoms with Crippen LogP contribution in [0.4, 0.5) is 0 Å². The molecule has 120 valence electrons. The van der Waals surface area contributed by atoms with Gasteiger partial charge in [0, 0.05) is 17.7 Å². The van der Waals surface area contributed by atoms with E-state index in [9.17, 15) is 4.79 Å². The fraction of sp³-hybridized carbons (Fsp3) is 0.176. The summed E-state index contributed by atoms with van der Waals surface area (Å²) in [5.41, 5.74) is 4.57. The summed E-state index contributed by atoms with van der Waals surface area (Å²) in [5.74, 6) is 0.434. The summed E-state index contributed by atoms with van der Waals surface area (Å²) in [5, 5.41) is 16.9. The van der Waals surface area contributed by atoms with Crippen LogP contribution < -0.4 is 5.32 Å². The van der Waals surface area contributed by atoms with E-state index in [2.05, 4.69) is 25.9 Å². The average molecular weight is 321 g/mol. The first-order valence-corrected chi connectivity index (χ1v) is 7.61. The van der Waals surface area contributed by atoms with Gasteiger partial charge in [0.05, 0.1) is 13.2 Å². The minimum atomic E-state index is -0.0951. The predicted octanol–water partition coefficient (Wildman–Crippen LogP) is 1.83. The first-order valence-electron chi connectivity index (χ1n) is 7.61. The lowest BCUT2D eigenvalue weighted by Crippen LogP contribution is -2.24. The van der Waals surface area contributed by atoms with Crippen LogP contribution in [0.15, 0.2) is 42.5 Å². The SMILES string of the molecule is O=C(NCc1cccc(-c2nn[nH]n2)c1)c1cccc2c1COC2. The third-order valence-electron chi connectivity index (χ3n) is 4.01. The van der Waals surface area contributed by atoms with Gasteiger partial charge in [-0.3, -0.25) is 4.79 Å². The highest BCUT2D eigenvalue weighted by atomic mass is 16.5. The second-order valence-corrected chi connectivity index (χ2v) is 5.55. The number of nitrogens with one attached hydrogen (secondary N) is 2. The van der Waals surface area contributed by atoms with E-state index < -0.39 is 0 Å². The summed E-state index contributed by atoms with van der Waals surface area (Å²) in [6.07, 6.45) is 0. The molecule has 3 aromatic rings. The molecule has 0 atom stereocenters. The quantitative estimate of drug-likeness (QED) is 0.765. The molecular formula is C17H15N5O2. The second-order valence-electron chi connectivity index (χ2n) is 5.55. The lowest BCUT2D eigenvalue weighted by molar-refractivity contribution is 0.0945. The number of H-pyrrole nitrogens is 1. The summed E-state index contributed by atoms with van der Waals surface area (Å²) in [7, 11) is 0. The Morgan fingerprint density at radius 3 is 3.00 bits per heavy atom. The highest BCUT2D eigenvalue weighted by molar-refractivity contribution is 5.96. The Labute approximate surface area is 138 Å². The van der Waals surface area contributed by atoms with E-state index in [-0.39, 0.29) is 5.91 Å². The van der Waals surface area contributed by atoms with Crippen molar-refractivity contribution in [2.75, 3.05) is 0 Å². The van der Waals surface area contributed by atoms with E-state index in [1.165, 1.54) is 0 Å². The molecule has 1 amide bonds. The largest absolute Gasteiger partial charge is 0.372 e. The van der Waals surface area contributed by atoms with Crippen LogP contribution in [-0.2, 0) is 24.5 Å². The summed E-state index contributed by atoms with van der Waals surface area (Å²) < 4.78 is 5.42. The molecule has 0 aliphatic carbocycles. The number of carbonyl (C=O) groups is 1. The van der Waals surface area contributed by atoms with Crippen LogP contribution in [0.1, 0.15) is 27.0 Å². The van der Waals surface area contributed by atoms with Gasteiger partial charge in [0.25, 0.3) is 5.91 Å². The number of amides is 1. The maximum Gasteiger partial charge on any atom is 0.251 e. The molecule has 2 N–H and O–H groups in total. The minimum absolute atomic E-state index is 0.0951. The first-order chi connectivity index (χ1) is 11.8. The van der Waals surface area contributed by atoms with Gasteiger partial charge in [0.15, 0.2) is 0 Å². The van der Waals surface area contributed by atoms with E-state index in [1.807, 2.05) is 42.5 Å². The molecule has 7 nitrogen and oxygen atoms in total. The van der Waals surface area contributed by atoms with Crippen LogP contribution in [0, 0.1) is 0 Å². The van der Waals surface area contributed by atoms with Crippen LogP contribution in [0.3, 0.4) is 0 Å². The number of nitrogens with zero attached hydrogens (tertiary/aromatic N) is 3. The Bertz CT molecular complexity index is 876. The molecule has 0 fully saturated rings. The number of hydrogen-bond acceptors (Lipinski definition) is 5. The summed E-state index contributed by atoms with van der Waals surface area (Å²) in [6.45, 7) is 1.49. The number of aromatic amines is 1. The Hall–Kier alpha value is -3.06. The van der Waals surface area contributed by atoms with Crippen LogP contribution in [0.2, 0.25) is 0 Å². The lowest BCUT2D eigenvalue weighted by atomic mass is 10.0. The maximum absolute atomic E-state index is 12.5. The number of ether oxygens (including phenoxy) is 1. The van der Waals surface area contributed by atoms with Gasteiger partial charge in [0.2, 0.25) is 5.82 Å². The minimum Gasteiger partial charge on any atom is -0.372 e. The zero-order valence-corrected chi connectivity index (χ0v) is 12.8. The van der Waals surface area contributed by atoms with Crippen LogP contribution >= 0.6 is 0 Å². The number of tetrazole rings is 1. The third-order valence-corrected chi connectivity index (χ3v) is 4.01. The van der Waals surface area contributed by atoms with Crippen molar-refractivity contribution < 1.29 is 9.53 Å². The molecule has 1 aliphatic heterocycles. The molecule has 2 aromatic carbocycles. The molecule has 0 spiro atoms. The molecule has 4 rings (SSSR count). The van der Waals surface area contributed by atoms with Gasteiger partial charge in [-0.15, -0.1) is 10.2 Å². The summed E-state index contributed by atoms with van der Waals surface area (Å²) in [4.78, 5) is 12.5. The lowest BCUT2D eigenvalue weighted by Gasteiger charge is -2.09. The van der Waals surface area contributed by atoms with Crippen LogP contribution in [0.25, 0.3) is 11.4 Å². The van der Waals surface area contributed by atoms with Gasteiger partial charge < -0.3 is 10.1 Å². The number of aromatic nitrogens is 4. The van der Waals surface area contributed by atoms with E-state index in [1.54, 1.807) is 0 Å². The van der Waals surface area contributed by atoms with Crippen molar-refractivity contribution >= 4 is 5.91 Å². The summed E-state index contributed by atoms with van der Waals surface area (Å²) in [6, 6.07) is 13.4. The molecular weight excluding hydrogens is 306 g/mol. The Morgan fingerprint density at radius 2 is 2.12 bits per heavy atom. The number of fused-ring (bicyclic) bond motifs is 1. The van der Waals surface area contributed by atoms with E-state index in [0.717, 1.165) is 22.3 Å². The molecule has 7 heteroatoms.